The molecule has 0 aromatic rings. The van der Waals surface area contributed by atoms with Gasteiger partial charge in [0.2, 0.25) is 0 Å². The Labute approximate surface area is 376 Å². The zero-order valence-corrected chi connectivity index (χ0v) is 41.6. The zero-order chi connectivity index (χ0) is 40.0. The van der Waals surface area contributed by atoms with Crippen LogP contribution in [0, 0.1) is 0 Å². The Kier molecular flexibility index (Phi) is 53.9. The number of carboxylic acids is 1. The summed E-state index contributed by atoms with van der Waals surface area (Å²) in [4.78, 5) is 14.1. The molecule has 1 unspecified atom stereocenters. The number of hydrogen-bond acceptors (Lipinski definition) is 3. The van der Waals surface area contributed by atoms with E-state index in [2.05, 4.69) is 18.7 Å². The summed E-state index contributed by atoms with van der Waals surface area (Å²) in [7, 11) is 0. The van der Waals surface area contributed by atoms with E-state index in [1.165, 1.54) is 270 Å². The third-order valence-electron chi connectivity index (χ3n) is 12.7. The Hall–Kier alpha value is 0.430. The van der Waals surface area contributed by atoms with E-state index in [9.17, 15) is 9.90 Å². The van der Waals surface area contributed by atoms with Gasteiger partial charge < -0.3 is 9.90 Å². The first-order valence-electron chi connectivity index (χ1n) is 26.1. The van der Waals surface area contributed by atoms with Gasteiger partial charge in [0.25, 0.3) is 0 Å². The average molecular weight is 798 g/mol. The number of nitrogens with zero attached hydrogens (tertiary/aromatic N) is 1. The molecule has 0 aliphatic heterocycles. The van der Waals surface area contributed by atoms with Crippen LogP contribution in [-0.2, 0) is 4.79 Å². The molecule has 1 atom stereocenters. The molecule has 0 fully saturated rings. The predicted molar refractivity (Wildman–Crippen MR) is 245 cm³/mol. The molecular weight excluding hydrogens is 694 g/mol. The Morgan fingerprint density at radius 3 is 0.625 bits per heavy atom. The largest absolute Gasteiger partial charge is 1.00 e. The van der Waals surface area contributed by atoms with Crippen LogP contribution >= 0.6 is 0 Å². The molecule has 0 bridgehead atoms. The van der Waals surface area contributed by atoms with E-state index < -0.39 is 12.0 Å². The van der Waals surface area contributed by atoms with Crippen LogP contribution in [0.5, 0.6) is 0 Å². The van der Waals surface area contributed by atoms with Crippen molar-refractivity contribution in [1.29, 1.82) is 0 Å². The van der Waals surface area contributed by atoms with Gasteiger partial charge in [-0.3, -0.25) is 4.90 Å². The van der Waals surface area contributed by atoms with Crippen molar-refractivity contribution < 1.29 is 39.5 Å². The summed E-state index contributed by atoms with van der Waals surface area (Å²) < 4.78 is 0. The van der Waals surface area contributed by atoms with Crippen LogP contribution in [0.25, 0.3) is 0 Å². The Morgan fingerprint density at radius 1 is 0.321 bits per heavy atom. The number of rotatable bonds is 49. The second-order valence-corrected chi connectivity index (χ2v) is 18.1. The van der Waals surface area contributed by atoms with Crippen molar-refractivity contribution in [3.63, 3.8) is 0 Å². The third kappa shape index (κ3) is 45.5. The number of hydrogen-bond donors (Lipinski definition) is 0. The van der Waals surface area contributed by atoms with E-state index in [1.807, 2.05) is 6.92 Å². The minimum atomic E-state index is -0.875. The fraction of sp³-hybridized carbons (Fsp3) is 0.981. The summed E-state index contributed by atoms with van der Waals surface area (Å²) in [6.45, 7) is 8.45. The molecule has 0 aliphatic carbocycles. The Morgan fingerprint density at radius 2 is 0.482 bits per heavy atom. The first kappa shape index (κ1) is 58.5. The van der Waals surface area contributed by atoms with Crippen LogP contribution in [0.2, 0.25) is 0 Å². The number of unbranched alkanes of at least 4 members (excludes halogenated alkanes) is 42. The third-order valence-corrected chi connectivity index (χ3v) is 12.7. The molecule has 330 valence electrons. The van der Waals surface area contributed by atoms with Gasteiger partial charge in [0, 0.05) is 6.04 Å². The van der Waals surface area contributed by atoms with Gasteiger partial charge in [0.05, 0.1) is 5.97 Å². The molecule has 0 radical (unpaired) electrons. The second-order valence-electron chi connectivity index (χ2n) is 18.1. The molecule has 0 aromatic carbocycles. The van der Waals surface area contributed by atoms with Gasteiger partial charge in [0.1, 0.15) is 0 Å². The molecule has 0 aliphatic rings. The Bertz CT molecular complexity index is 669. The summed E-state index contributed by atoms with van der Waals surface area (Å²) in [6, 6.07) is -0.412. The van der Waals surface area contributed by atoms with Crippen molar-refractivity contribution in [3.05, 3.63) is 0 Å². The molecular formula is C52H104NNaO2. The zero-order valence-electron chi connectivity index (χ0n) is 39.6. The minimum Gasteiger partial charge on any atom is -0.548 e. The number of aliphatic carboxylic acids is 1. The molecule has 0 aromatic heterocycles. The smallest absolute Gasteiger partial charge is 0.548 e. The van der Waals surface area contributed by atoms with Crippen molar-refractivity contribution in [2.24, 2.45) is 0 Å². The normalized spacial score (nSPS) is 12.1. The van der Waals surface area contributed by atoms with E-state index in [0.29, 0.717) is 6.42 Å². The van der Waals surface area contributed by atoms with Gasteiger partial charge in [-0.25, -0.2) is 0 Å². The molecule has 0 saturated heterocycles. The van der Waals surface area contributed by atoms with Crippen molar-refractivity contribution in [2.75, 3.05) is 13.1 Å². The molecule has 0 N–H and O–H groups in total. The second kappa shape index (κ2) is 51.6. The maximum atomic E-state index is 11.9. The van der Waals surface area contributed by atoms with Crippen molar-refractivity contribution >= 4 is 5.97 Å². The maximum Gasteiger partial charge on any atom is 1.00 e. The summed E-state index contributed by atoms with van der Waals surface area (Å²) >= 11 is 0. The van der Waals surface area contributed by atoms with Crippen LogP contribution in [0.3, 0.4) is 0 Å². The molecule has 0 spiro atoms. The van der Waals surface area contributed by atoms with Gasteiger partial charge in [-0.1, -0.05) is 290 Å². The van der Waals surface area contributed by atoms with E-state index in [-0.39, 0.29) is 29.6 Å². The van der Waals surface area contributed by atoms with Gasteiger partial charge in [0.15, 0.2) is 0 Å². The van der Waals surface area contributed by atoms with E-state index in [0.717, 1.165) is 25.9 Å². The number of carboxylic acid groups (broad SMARTS) is 1. The van der Waals surface area contributed by atoms with Crippen LogP contribution in [0.15, 0.2) is 0 Å². The fourth-order valence-corrected chi connectivity index (χ4v) is 8.84. The molecule has 56 heavy (non-hydrogen) atoms. The van der Waals surface area contributed by atoms with Gasteiger partial charge >= 0.3 is 29.6 Å². The predicted octanol–water partition coefficient (Wildman–Crippen LogP) is 14.0. The van der Waals surface area contributed by atoms with Gasteiger partial charge in [-0.15, -0.1) is 0 Å². The summed E-state index contributed by atoms with van der Waals surface area (Å²) in [5.74, 6) is -0.875. The van der Waals surface area contributed by atoms with Crippen molar-refractivity contribution in [2.45, 2.75) is 316 Å². The van der Waals surface area contributed by atoms with Crippen LogP contribution in [0.1, 0.15) is 310 Å². The van der Waals surface area contributed by atoms with Gasteiger partial charge in [-0.2, -0.15) is 0 Å². The molecule has 4 heteroatoms. The number of carbonyl (C=O) groups is 1. The average Bonchev–Trinajstić information content (AvgIpc) is 3.18. The molecule has 0 heterocycles. The number of carbonyl (C=O) groups excluding carboxylic acids is 1. The molecule has 0 saturated carbocycles. The summed E-state index contributed by atoms with van der Waals surface area (Å²) in [5, 5.41) is 11.9. The van der Waals surface area contributed by atoms with Crippen LogP contribution < -0.4 is 34.7 Å². The molecule has 0 amide bonds. The van der Waals surface area contributed by atoms with E-state index >= 15 is 0 Å². The maximum absolute atomic E-state index is 11.9. The fourth-order valence-electron chi connectivity index (χ4n) is 8.84. The summed E-state index contributed by atoms with van der Waals surface area (Å²) in [6.07, 6.45) is 62.4. The van der Waals surface area contributed by atoms with Crippen molar-refractivity contribution in [3.8, 4) is 0 Å². The minimum absolute atomic E-state index is 0. The van der Waals surface area contributed by atoms with E-state index in [4.69, 9.17) is 0 Å². The molecule has 3 nitrogen and oxygen atoms in total. The standard InChI is InChI=1S/C52H105NO2.Na/c1-4-7-9-11-13-15-17-19-21-23-25-27-29-31-33-35-37-39-41-43-45-47-49-53(51(6-3)52(54)55)50-48-46-44-42-40-38-36-34-32-30-28-26-24-22-20-18-16-14-12-10-8-5-2;/h51H,4-50H2,1-3H3,(H,54,55);/q;+1/p-1. The quantitative estimate of drug-likeness (QED) is 0.0455. The SMILES string of the molecule is CCCCCCCCCCCCCCCCCCCCCCCCN(CCCCCCCCCCCCCCCCCCCCCCCC)C(CC)C(=O)[O-].[Na+]. The van der Waals surface area contributed by atoms with Crippen LogP contribution in [-0.4, -0.2) is 30.0 Å². The Balaban J connectivity index is 0. The van der Waals surface area contributed by atoms with Crippen molar-refractivity contribution in [1.82, 2.24) is 4.90 Å². The first-order valence-corrected chi connectivity index (χ1v) is 26.1. The monoisotopic (exact) mass is 798 g/mol. The van der Waals surface area contributed by atoms with Crippen LogP contribution in [0.4, 0.5) is 0 Å². The molecule has 0 rings (SSSR count). The summed E-state index contributed by atoms with van der Waals surface area (Å²) in [5.41, 5.74) is 0. The topological polar surface area (TPSA) is 43.4 Å². The first-order chi connectivity index (χ1) is 27.2. The van der Waals surface area contributed by atoms with E-state index in [1.54, 1.807) is 0 Å². The van der Waals surface area contributed by atoms with Gasteiger partial charge in [-0.05, 0) is 32.4 Å².